The van der Waals surface area contributed by atoms with Crippen LogP contribution in [0.15, 0.2) is 42.6 Å². The lowest BCUT2D eigenvalue weighted by molar-refractivity contribution is 0.0932. The molecule has 2 aliphatic rings. The predicted molar refractivity (Wildman–Crippen MR) is 130 cm³/mol. The van der Waals surface area contributed by atoms with Crippen molar-refractivity contribution in [3.8, 4) is 5.88 Å². The van der Waals surface area contributed by atoms with E-state index in [1.54, 1.807) is 18.2 Å². The highest BCUT2D eigenvalue weighted by atomic mass is 35.5. The first-order valence-electron chi connectivity index (χ1n) is 10.6. The lowest BCUT2D eigenvalue weighted by atomic mass is 9.83. The fourth-order valence-electron chi connectivity index (χ4n) is 4.30. The third kappa shape index (κ3) is 3.80. The summed E-state index contributed by atoms with van der Waals surface area (Å²) in [6.07, 6.45) is 2.44. The van der Waals surface area contributed by atoms with E-state index in [1.807, 2.05) is 6.07 Å². The van der Waals surface area contributed by atoms with Gasteiger partial charge in [0.25, 0.3) is 5.91 Å². The van der Waals surface area contributed by atoms with Crippen LogP contribution in [-0.4, -0.2) is 41.1 Å². The summed E-state index contributed by atoms with van der Waals surface area (Å²) in [5.41, 5.74) is 4.15. The molecular weight excluding hydrogens is 461 g/mol. The zero-order valence-corrected chi connectivity index (χ0v) is 20.0. The number of para-hydroxylation sites is 1. The lowest BCUT2D eigenvalue weighted by Gasteiger charge is -2.41. The quantitative estimate of drug-likeness (QED) is 0.548. The first kappa shape index (κ1) is 21.9. The molecule has 0 aliphatic carbocycles. The van der Waals surface area contributed by atoms with Gasteiger partial charge >= 0.3 is 0 Å². The summed E-state index contributed by atoms with van der Waals surface area (Å²) >= 11 is 12.5. The number of nitrogens with one attached hydrogen (secondary N) is 1. The van der Waals surface area contributed by atoms with E-state index in [-0.39, 0.29) is 29.6 Å². The molecular formula is C24H23Cl2N5O2. The minimum Gasteiger partial charge on any atom is -0.455 e. The Labute approximate surface area is 202 Å². The largest absolute Gasteiger partial charge is 0.455 e. The summed E-state index contributed by atoms with van der Waals surface area (Å²) in [7, 11) is 2.15. The second kappa shape index (κ2) is 8.17. The van der Waals surface area contributed by atoms with Gasteiger partial charge < -0.3 is 10.1 Å². The van der Waals surface area contributed by atoms with Gasteiger partial charge in [-0.25, -0.2) is 4.98 Å². The van der Waals surface area contributed by atoms with Crippen LogP contribution in [0.5, 0.6) is 5.88 Å². The smallest absolute Gasteiger partial charge is 0.268 e. The first-order chi connectivity index (χ1) is 15.8. The molecule has 2 aromatic carbocycles. The summed E-state index contributed by atoms with van der Waals surface area (Å²) in [5, 5.41) is 3.97. The van der Waals surface area contributed by atoms with Gasteiger partial charge in [0.05, 0.1) is 15.7 Å². The number of halogens is 2. The van der Waals surface area contributed by atoms with Crippen LogP contribution in [0.2, 0.25) is 10.0 Å². The van der Waals surface area contributed by atoms with Crippen LogP contribution in [-0.2, 0) is 12.0 Å². The molecule has 3 aromatic rings. The summed E-state index contributed by atoms with van der Waals surface area (Å²) in [4.78, 5) is 25.6. The van der Waals surface area contributed by atoms with E-state index in [0.717, 1.165) is 18.7 Å². The number of nitrogens with zero attached hydrogens (tertiary/aromatic N) is 4. The van der Waals surface area contributed by atoms with Crippen molar-refractivity contribution >= 4 is 46.4 Å². The molecule has 0 atom stereocenters. The van der Waals surface area contributed by atoms with E-state index in [2.05, 4.69) is 53.2 Å². The van der Waals surface area contributed by atoms with Crippen LogP contribution in [0.1, 0.15) is 35.3 Å². The van der Waals surface area contributed by atoms with E-state index < -0.39 is 0 Å². The Bertz CT molecular complexity index is 1240. The predicted octanol–water partition coefficient (Wildman–Crippen LogP) is 5.25. The molecule has 3 heterocycles. The molecule has 0 saturated carbocycles. The molecule has 170 valence electrons. The van der Waals surface area contributed by atoms with Crippen LogP contribution in [0.25, 0.3) is 0 Å². The number of carbonyl (C=O) groups excluding carboxylic acids is 1. The Morgan fingerprint density at radius 1 is 1.15 bits per heavy atom. The lowest BCUT2D eigenvalue weighted by Crippen LogP contribution is -2.43. The number of benzene rings is 2. The van der Waals surface area contributed by atoms with Crippen LogP contribution in [0, 0.1) is 0 Å². The highest BCUT2D eigenvalue weighted by molar-refractivity contribution is 6.40. The number of ether oxygens (including phenoxy) is 1. The minimum absolute atomic E-state index is 0.0148. The SMILES string of the molecule is CN1CCc2cc(Nc3ncc4c(n3)OCN(c3c(Cl)cccc3Cl)C4=O)ccc2C1(C)C. The number of fused-ring (bicyclic) bond motifs is 2. The fourth-order valence-corrected chi connectivity index (χ4v) is 4.90. The number of hydrogen-bond acceptors (Lipinski definition) is 6. The third-order valence-electron chi connectivity index (χ3n) is 6.46. The Kier molecular flexibility index (Phi) is 5.43. The zero-order chi connectivity index (χ0) is 23.3. The van der Waals surface area contributed by atoms with Gasteiger partial charge in [0, 0.05) is 24.0 Å². The van der Waals surface area contributed by atoms with Gasteiger partial charge in [0.15, 0.2) is 6.73 Å². The second-order valence-corrected chi connectivity index (χ2v) is 9.53. The number of aromatic nitrogens is 2. The maximum absolute atomic E-state index is 13.1. The molecule has 0 unspecified atom stereocenters. The van der Waals surface area contributed by atoms with Gasteiger partial charge in [0.2, 0.25) is 11.8 Å². The van der Waals surface area contributed by atoms with E-state index in [4.69, 9.17) is 27.9 Å². The molecule has 5 rings (SSSR count). The molecule has 1 N–H and O–H groups in total. The molecule has 0 bridgehead atoms. The highest BCUT2D eigenvalue weighted by Gasteiger charge is 2.33. The Morgan fingerprint density at radius 3 is 2.67 bits per heavy atom. The van der Waals surface area contributed by atoms with Crippen LogP contribution >= 0.6 is 23.2 Å². The van der Waals surface area contributed by atoms with Crippen LogP contribution in [0.4, 0.5) is 17.3 Å². The van der Waals surface area contributed by atoms with Crippen molar-refractivity contribution < 1.29 is 9.53 Å². The molecule has 0 spiro atoms. The van der Waals surface area contributed by atoms with E-state index >= 15 is 0 Å². The number of rotatable bonds is 3. The second-order valence-electron chi connectivity index (χ2n) is 8.72. The van der Waals surface area contributed by atoms with Gasteiger partial charge in [-0.05, 0) is 62.7 Å². The number of amides is 1. The summed E-state index contributed by atoms with van der Waals surface area (Å²) in [5.74, 6) is 0.258. The monoisotopic (exact) mass is 483 g/mol. The van der Waals surface area contributed by atoms with E-state index in [1.165, 1.54) is 22.2 Å². The van der Waals surface area contributed by atoms with Gasteiger partial charge in [-0.15, -0.1) is 0 Å². The van der Waals surface area contributed by atoms with Crippen molar-refractivity contribution in [1.82, 2.24) is 14.9 Å². The van der Waals surface area contributed by atoms with Crippen molar-refractivity contribution in [3.05, 3.63) is 69.3 Å². The molecule has 1 aromatic heterocycles. The van der Waals surface area contributed by atoms with Gasteiger partial charge in [-0.1, -0.05) is 35.3 Å². The van der Waals surface area contributed by atoms with Crippen molar-refractivity contribution in [3.63, 3.8) is 0 Å². The first-order valence-corrected chi connectivity index (χ1v) is 11.4. The fraction of sp³-hybridized carbons (Fsp3) is 0.292. The van der Waals surface area contributed by atoms with Crippen molar-refractivity contribution in [1.29, 1.82) is 0 Å². The summed E-state index contributed by atoms with van der Waals surface area (Å²) < 4.78 is 5.77. The topological polar surface area (TPSA) is 70.6 Å². The maximum atomic E-state index is 13.1. The Hall–Kier alpha value is -2.87. The minimum atomic E-state index is -0.321. The summed E-state index contributed by atoms with van der Waals surface area (Å²) in [6, 6.07) is 11.4. The van der Waals surface area contributed by atoms with Crippen LogP contribution in [0.3, 0.4) is 0 Å². The number of carbonyl (C=O) groups is 1. The van der Waals surface area contributed by atoms with E-state index in [0.29, 0.717) is 21.7 Å². The molecule has 1 amide bonds. The normalized spacial score (nSPS) is 17.2. The van der Waals surface area contributed by atoms with Crippen molar-refractivity contribution in [2.75, 3.05) is 30.5 Å². The number of hydrogen-bond donors (Lipinski definition) is 1. The Morgan fingerprint density at radius 2 is 1.91 bits per heavy atom. The highest BCUT2D eigenvalue weighted by Crippen LogP contribution is 2.38. The molecule has 0 fully saturated rings. The third-order valence-corrected chi connectivity index (χ3v) is 7.07. The molecule has 7 nitrogen and oxygen atoms in total. The standard InChI is InChI=1S/C24H23Cl2N5O2/c1-24(2)17-8-7-15(11-14(17)9-10-30(24)3)28-23-27-12-16-21(29-23)33-13-31(22(16)32)20-18(25)5-4-6-19(20)26/h4-8,11-12H,9-10,13H2,1-3H3,(H,27,28,29). The molecule has 2 aliphatic heterocycles. The van der Waals surface area contributed by atoms with Gasteiger partial charge in [-0.3, -0.25) is 14.6 Å². The molecule has 0 radical (unpaired) electrons. The van der Waals surface area contributed by atoms with E-state index in [9.17, 15) is 4.79 Å². The number of anilines is 3. The molecule has 33 heavy (non-hydrogen) atoms. The zero-order valence-electron chi connectivity index (χ0n) is 18.5. The average molecular weight is 484 g/mol. The van der Waals surface area contributed by atoms with Crippen LogP contribution < -0.4 is 15.0 Å². The van der Waals surface area contributed by atoms with Gasteiger partial charge in [0.1, 0.15) is 5.56 Å². The maximum Gasteiger partial charge on any atom is 0.268 e. The molecule has 0 saturated heterocycles. The number of likely N-dealkylation sites (N-methyl/N-ethyl adjacent to an activating group) is 1. The van der Waals surface area contributed by atoms with Crippen molar-refractivity contribution in [2.24, 2.45) is 0 Å². The Balaban J connectivity index is 1.39. The summed E-state index contributed by atoms with van der Waals surface area (Å²) in [6.45, 7) is 5.42. The van der Waals surface area contributed by atoms with Gasteiger partial charge in [-0.2, -0.15) is 4.98 Å². The van der Waals surface area contributed by atoms with Crippen molar-refractivity contribution in [2.45, 2.75) is 25.8 Å². The average Bonchev–Trinajstić information content (AvgIpc) is 2.78. The molecule has 9 heteroatoms.